The molecule has 0 unspecified atom stereocenters. The summed E-state index contributed by atoms with van der Waals surface area (Å²) in [6, 6.07) is 0. The zero-order chi connectivity index (χ0) is 8.72. The number of aryl methyl sites for hydroxylation is 2. The van der Waals surface area contributed by atoms with Crippen molar-refractivity contribution in [2.75, 3.05) is 0 Å². The minimum absolute atomic E-state index is 0.222. The molecule has 6 heteroatoms. The first-order valence-corrected chi connectivity index (χ1v) is 3.44. The summed E-state index contributed by atoms with van der Waals surface area (Å²) in [5.41, 5.74) is 0.131. The summed E-state index contributed by atoms with van der Waals surface area (Å²) in [7, 11) is 1.76. The van der Waals surface area contributed by atoms with Crippen LogP contribution in [0, 0.1) is 6.92 Å². The third-order valence-corrected chi connectivity index (χ3v) is 1.64. The summed E-state index contributed by atoms with van der Waals surface area (Å²) in [5.74, 6) is 0.450. The van der Waals surface area contributed by atoms with Gasteiger partial charge in [0.2, 0.25) is 0 Å². The fourth-order valence-corrected chi connectivity index (χ4v) is 0.954. The molecule has 2 aromatic rings. The molecule has 0 aromatic carbocycles. The Morgan fingerprint density at radius 2 is 2.17 bits per heavy atom. The Morgan fingerprint density at radius 3 is 2.92 bits per heavy atom. The summed E-state index contributed by atoms with van der Waals surface area (Å²) in [6.45, 7) is 1.61. The van der Waals surface area contributed by atoms with Gasteiger partial charge < -0.3 is 4.57 Å². The van der Waals surface area contributed by atoms with Crippen molar-refractivity contribution in [1.29, 1.82) is 0 Å². The lowest BCUT2D eigenvalue weighted by Crippen LogP contribution is -2.20. The van der Waals surface area contributed by atoms with Gasteiger partial charge in [-0.25, -0.2) is 0 Å². The standard InChI is InChI=1S/C6H7N5O/c1-4-5(12)11-6(9-8-4)10(2)3-7-11/h3H,1-2H3. The minimum atomic E-state index is -0.222. The van der Waals surface area contributed by atoms with E-state index < -0.39 is 0 Å². The van der Waals surface area contributed by atoms with Gasteiger partial charge in [0, 0.05) is 7.05 Å². The van der Waals surface area contributed by atoms with Gasteiger partial charge in [-0.2, -0.15) is 9.61 Å². The smallest absolute Gasteiger partial charge is 0.297 e. The van der Waals surface area contributed by atoms with E-state index in [1.54, 1.807) is 18.5 Å². The molecule has 0 radical (unpaired) electrons. The molecule has 6 nitrogen and oxygen atoms in total. The highest BCUT2D eigenvalue weighted by Crippen LogP contribution is 1.90. The molecule has 0 saturated carbocycles. The lowest BCUT2D eigenvalue weighted by atomic mass is 10.5. The number of nitrogens with zero attached hydrogens (tertiary/aromatic N) is 5. The first-order valence-electron chi connectivity index (χ1n) is 3.44. The fraction of sp³-hybridized carbons (Fsp3) is 0.333. The normalized spacial score (nSPS) is 10.8. The fourth-order valence-electron chi connectivity index (χ4n) is 0.954. The molecule has 12 heavy (non-hydrogen) atoms. The van der Waals surface area contributed by atoms with E-state index >= 15 is 0 Å². The number of aromatic nitrogens is 5. The molecule has 0 bridgehead atoms. The Bertz CT molecular complexity index is 482. The third kappa shape index (κ3) is 0.744. The van der Waals surface area contributed by atoms with E-state index in [-0.39, 0.29) is 5.56 Å². The first-order chi connectivity index (χ1) is 5.70. The molecule has 0 spiro atoms. The van der Waals surface area contributed by atoms with Crippen LogP contribution in [0.15, 0.2) is 11.1 Å². The van der Waals surface area contributed by atoms with Gasteiger partial charge in [-0.15, -0.1) is 10.2 Å². The maximum absolute atomic E-state index is 11.3. The second-order valence-corrected chi connectivity index (χ2v) is 2.54. The zero-order valence-electron chi connectivity index (χ0n) is 6.72. The van der Waals surface area contributed by atoms with Crippen molar-refractivity contribution >= 4 is 5.78 Å². The van der Waals surface area contributed by atoms with Crippen LogP contribution in [0.4, 0.5) is 0 Å². The molecule has 0 aliphatic carbocycles. The van der Waals surface area contributed by atoms with E-state index in [1.165, 1.54) is 10.8 Å². The molecule has 2 rings (SSSR count). The molecule has 62 valence electrons. The van der Waals surface area contributed by atoms with Crippen LogP contribution < -0.4 is 5.56 Å². The summed E-state index contributed by atoms with van der Waals surface area (Å²) in [5, 5.41) is 11.4. The molecule has 0 amide bonds. The molecule has 2 heterocycles. The van der Waals surface area contributed by atoms with Gasteiger partial charge >= 0.3 is 0 Å². The molecule has 0 aliphatic rings. The van der Waals surface area contributed by atoms with E-state index in [0.717, 1.165) is 0 Å². The van der Waals surface area contributed by atoms with E-state index in [9.17, 15) is 4.79 Å². The van der Waals surface area contributed by atoms with E-state index in [1.807, 2.05) is 0 Å². The maximum Gasteiger partial charge on any atom is 0.297 e. The Labute approximate surface area is 67.5 Å². The van der Waals surface area contributed by atoms with E-state index in [2.05, 4.69) is 15.3 Å². The van der Waals surface area contributed by atoms with Crippen LogP contribution in [0.3, 0.4) is 0 Å². The van der Waals surface area contributed by atoms with Crippen LogP contribution in [0.25, 0.3) is 5.78 Å². The Hall–Kier alpha value is -1.72. The quantitative estimate of drug-likeness (QED) is 0.509. The predicted molar refractivity (Wildman–Crippen MR) is 40.8 cm³/mol. The van der Waals surface area contributed by atoms with Crippen molar-refractivity contribution < 1.29 is 0 Å². The van der Waals surface area contributed by atoms with Gasteiger partial charge in [-0.05, 0) is 6.92 Å². The highest BCUT2D eigenvalue weighted by Gasteiger charge is 2.04. The van der Waals surface area contributed by atoms with Crippen LogP contribution in [0.1, 0.15) is 5.69 Å². The highest BCUT2D eigenvalue weighted by atomic mass is 16.1. The SMILES string of the molecule is Cc1nnc2n(C)cnn2c1=O. The van der Waals surface area contributed by atoms with Crippen molar-refractivity contribution in [3.8, 4) is 0 Å². The van der Waals surface area contributed by atoms with Crippen LogP contribution in [-0.2, 0) is 7.05 Å². The summed E-state index contributed by atoms with van der Waals surface area (Å²) < 4.78 is 2.86. The number of hydrogen-bond donors (Lipinski definition) is 0. The van der Waals surface area contributed by atoms with E-state index in [0.29, 0.717) is 11.5 Å². The van der Waals surface area contributed by atoms with Gasteiger partial charge in [0.15, 0.2) is 0 Å². The Balaban J connectivity index is 3.03. The largest absolute Gasteiger partial charge is 0.301 e. The molecular weight excluding hydrogens is 158 g/mol. The Kier molecular flexibility index (Phi) is 1.24. The van der Waals surface area contributed by atoms with Gasteiger partial charge in [-0.1, -0.05) is 0 Å². The molecule has 0 fully saturated rings. The van der Waals surface area contributed by atoms with Crippen LogP contribution in [0.5, 0.6) is 0 Å². The Morgan fingerprint density at radius 1 is 1.42 bits per heavy atom. The van der Waals surface area contributed by atoms with E-state index in [4.69, 9.17) is 0 Å². The van der Waals surface area contributed by atoms with Gasteiger partial charge in [0.1, 0.15) is 12.0 Å². The summed E-state index contributed by atoms with van der Waals surface area (Å²) >= 11 is 0. The topological polar surface area (TPSA) is 65.1 Å². The number of hydrogen-bond acceptors (Lipinski definition) is 4. The van der Waals surface area contributed by atoms with Gasteiger partial charge in [0.05, 0.1) is 0 Å². The highest BCUT2D eigenvalue weighted by molar-refractivity contribution is 5.24. The van der Waals surface area contributed by atoms with Gasteiger partial charge in [-0.3, -0.25) is 4.79 Å². The second kappa shape index (κ2) is 2.13. The van der Waals surface area contributed by atoms with Crippen molar-refractivity contribution in [2.45, 2.75) is 6.92 Å². The molecule has 0 N–H and O–H groups in total. The summed E-state index contributed by atoms with van der Waals surface area (Å²) in [6.07, 6.45) is 1.52. The molecule has 0 saturated heterocycles. The minimum Gasteiger partial charge on any atom is -0.301 e. The lowest BCUT2D eigenvalue weighted by Gasteiger charge is -1.92. The lowest BCUT2D eigenvalue weighted by molar-refractivity contribution is 0.810. The maximum atomic E-state index is 11.3. The summed E-state index contributed by atoms with van der Waals surface area (Å²) in [4.78, 5) is 11.3. The zero-order valence-corrected chi connectivity index (χ0v) is 6.72. The van der Waals surface area contributed by atoms with Crippen molar-refractivity contribution in [2.24, 2.45) is 7.05 Å². The van der Waals surface area contributed by atoms with Crippen LogP contribution >= 0.6 is 0 Å². The molecule has 2 aromatic heterocycles. The predicted octanol–water partition coefficient (Wildman–Crippen LogP) is -0.869. The third-order valence-electron chi connectivity index (χ3n) is 1.64. The van der Waals surface area contributed by atoms with Crippen molar-refractivity contribution in [3.63, 3.8) is 0 Å². The average Bonchev–Trinajstić information content (AvgIpc) is 2.41. The van der Waals surface area contributed by atoms with Gasteiger partial charge in [0.25, 0.3) is 11.3 Å². The second-order valence-electron chi connectivity index (χ2n) is 2.54. The van der Waals surface area contributed by atoms with Crippen LogP contribution in [-0.4, -0.2) is 24.4 Å². The first kappa shape index (κ1) is 6.96. The number of fused-ring (bicyclic) bond motifs is 1. The monoisotopic (exact) mass is 165 g/mol. The molecule has 0 atom stereocenters. The molecule has 0 aliphatic heterocycles. The average molecular weight is 165 g/mol. The van der Waals surface area contributed by atoms with Crippen molar-refractivity contribution in [3.05, 3.63) is 22.4 Å². The van der Waals surface area contributed by atoms with Crippen LogP contribution in [0.2, 0.25) is 0 Å². The molecular formula is C6H7N5O. The van der Waals surface area contributed by atoms with Crippen molar-refractivity contribution in [1.82, 2.24) is 24.4 Å². The number of rotatable bonds is 0.